The lowest BCUT2D eigenvalue weighted by molar-refractivity contribution is 0.974. The average Bonchev–Trinajstić information content (AvgIpc) is 1.99. The van der Waals surface area contributed by atoms with Gasteiger partial charge in [0, 0.05) is 6.54 Å². The molecule has 1 nitrogen and oxygen atoms in total. The molecule has 0 radical (unpaired) electrons. The summed E-state index contributed by atoms with van der Waals surface area (Å²) in [5, 5.41) is 0.860. The summed E-state index contributed by atoms with van der Waals surface area (Å²) in [6.45, 7) is 3.39. The highest BCUT2D eigenvalue weighted by Gasteiger charge is 2.06. The molecule has 0 saturated heterocycles. The molecule has 1 rings (SSSR count). The van der Waals surface area contributed by atoms with Crippen molar-refractivity contribution in [3.8, 4) is 0 Å². The lowest BCUT2D eigenvalue weighted by Crippen LogP contribution is -2.14. The van der Waals surface area contributed by atoms with Crippen molar-refractivity contribution in [1.82, 2.24) is 4.72 Å². The van der Waals surface area contributed by atoms with E-state index in [9.17, 15) is 0 Å². The SMILES string of the molecule is CC1CC=CCN[SH]1C. The fraction of sp³-hybridized carbons (Fsp3) is 0.714. The lowest BCUT2D eigenvalue weighted by Gasteiger charge is -2.21. The summed E-state index contributed by atoms with van der Waals surface area (Å²) in [7, 11) is 0. The molecule has 0 amide bonds. The minimum absolute atomic E-state index is 0.108. The maximum absolute atomic E-state index is 3.47. The van der Waals surface area contributed by atoms with Gasteiger partial charge in [0.15, 0.2) is 0 Å². The first-order valence-corrected chi connectivity index (χ1v) is 5.28. The molecule has 1 aliphatic heterocycles. The monoisotopic (exact) mass is 145 g/mol. The summed E-state index contributed by atoms with van der Waals surface area (Å²) in [5.74, 6) is 0. The van der Waals surface area contributed by atoms with E-state index in [1.54, 1.807) is 0 Å². The molecule has 54 valence electrons. The van der Waals surface area contributed by atoms with Gasteiger partial charge in [-0.05, 0) is 17.9 Å². The zero-order valence-electron chi connectivity index (χ0n) is 6.09. The van der Waals surface area contributed by atoms with Gasteiger partial charge in [-0.15, -0.1) is 0 Å². The predicted octanol–water partition coefficient (Wildman–Crippen LogP) is 1.47. The first kappa shape index (κ1) is 7.16. The van der Waals surface area contributed by atoms with Crippen LogP contribution >= 0.6 is 11.1 Å². The molecule has 2 atom stereocenters. The van der Waals surface area contributed by atoms with E-state index in [0.29, 0.717) is 0 Å². The Morgan fingerprint density at radius 1 is 1.56 bits per heavy atom. The van der Waals surface area contributed by atoms with Crippen LogP contribution in [0.15, 0.2) is 12.2 Å². The molecule has 0 fully saturated rings. The lowest BCUT2D eigenvalue weighted by atomic mass is 10.3. The summed E-state index contributed by atoms with van der Waals surface area (Å²) in [6.07, 6.45) is 8.08. The predicted molar refractivity (Wildman–Crippen MR) is 46.1 cm³/mol. The van der Waals surface area contributed by atoms with E-state index in [-0.39, 0.29) is 11.1 Å². The van der Waals surface area contributed by atoms with Crippen molar-refractivity contribution < 1.29 is 0 Å². The van der Waals surface area contributed by atoms with E-state index in [0.717, 1.165) is 11.8 Å². The van der Waals surface area contributed by atoms with Crippen molar-refractivity contribution in [3.05, 3.63) is 12.2 Å². The standard InChI is InChI=1S/C7H15NS/c1-7-5-3-4-6-8-9(7)2/h3-4,7-9H,5-6H2,1-2H3. The highest BCUT2D eigenvalue weighted by Crippen LogP contribution is 2.26. The quantitative estimate of drug-likeness (QED) is 0.388. The van der Waals surface area contributed by atoms with E-state index < -0.39 is 0 Å². The molecular formula is C7H15NS. The molecule has 0 aromatic carbocycles. The van der Waals surface area contributed by atoms with Crippen LogP contribution in [0.1, 0.15) is 13.3 Å². The Kier molecular flexibility index (Phi) is 2.61. The second kappa shape index (κ2) is 3.28. The van der Waals surface area contributed by atoms with Crippen LogP contribution in [0, 0.1) is 0 Å². The molecule has 1 N–H and O–H groups in total. The summed E-state index contributed by atoms with van der Waals surface area (Å²) in [6, 6.07) is 0. The van der Waals surface area contributed by atoms with Crippen molar-refractivity contribution in [2.45, 2.75) is 18.6 Å². The Hall–Kier alpha value is 0.0500. The Morgan fingerprint density at radius 3 is 3.11 bits per heavy atom. The Bertz CT molecular complexity index is 111. The molecule has 0 bridgehead atoms. The van der Waals surface area contributed by atoms with Gasteiger partial charge in [0.2, 0.25) is 0 Å². The van der Waals surface area contributed by atoms with Gasteiger partial charge < -0.3 is 0 Å². The second-order valence-corrected chi connectivity index (χ2v) is 4.95. The maximum Gasteiger partial charge on any atom is 0.0222 e. The number of nitrogens with one attached hydrogen (secondary N) is 1. The van der Waals surface area contributed by atoms with Crippen molar-refractivity contribution in [1.29, 1.82) is 0 Å². The highest BCUT2D eigenvalue weighted by atomic mass is 32.2. The molecule has 2 heteroatoms. The number of hydrogen-bond donors (Lipinski definition) is 2. The Morgan fingerprint density at radius 2 is 2.33 bits per heavy atom. The van der Waals surface area contributed by atoms with Crippen molar-refractivity contribution in [2.24, 2.45) is 0 Å². The topological polar surface area (TPSA) is 12.0 Å². The van der Waals surface area contributed by atoms with Gasteiger partial charge in [-0.1, -0.05) is 19.1 Å². The van der Waals surface area contributed by atoms with Gasteiger partial charge in [0.05, 0.1) is 0 Å². The Balaban J connectivity index is 2.42. The summed E-state index contributed by atoms with van der Waals surface area (Å²) < 4.78 is 3.47. The van der Waals surface area contributed by atoms with Crippen LogP contribution in [-0.2, 0) is 0 Å². The highest BCUT2D eigenvalue weighted by molar-refractivity contribution is 8.15. The zero-order valence-corrected chi connectivity index (χ0v) is 6.99. The van der Waals surface area contributed by atoms with Crippen LogP contribution < -0.4 is 4.72 Å². The van der Waals surface area contributed by atoms with Crippen LogP contribution in [0.2, 0.25) is 0 Å². The zero-order chi connectivity index (χ0) is 6.69. The fourth-order valence-electron chi connectivity index (χ4n) is 0.887. The third kappa shape index (κ3) is 2.03. The van der Waals surface area contributed by atoms with Gasteiger partial charge in [-0.3, -0.25) is 4.72 Å². The molecule has 0 aromatic heterocycles. The fourth-order valence-corrected chi connectivity index (χ4v) is 2.03. The van der Waals surface area contributed by atoms with Gasteiger partial charge in [0.1, 0.15) is 0 Å². The smallest absolute Gasteiger partial charge is 0.0222 e. The van der Waals surface area contributed by atoms with E-state index in [4.69, 9.17) is 0 Å². The molecule has 0 aliphatic carbocycles. The van der Waals surface area contributed by atoms with Gasteiger partial charge in [-0.2, -0.15) is 0 Å². The first-order chi connectivity index (χ1) is 4.30. The van der Waals surface area contributed by atoms with Crippen LogP contribution in [0.5, 0.6) is 0 Å². The van der Waals surface area contributed by atoms with Crippen LogP contribution in [-0.4, -0.2) is 18.1 Å². The minimum Gasteiger partial charge on any atom is -0.280 e. The molecule has 0 spiro atoms. The summed E-state index contributed by atoms with van der Waals surface area (Å²) in [5.41, 5.74) is 0. The van der Waals surface area contributed by atoms with E-state index in [1.807, 2.05) is 0 Å². The van der Waals surface area contributed by atoms with Crippen molar-refractivity contribution in [2.75, 3.05) is 12.8 Å². The van der Waals surface area contributed by atoms with Gasteiger partial charge in [0.25, 0.3) is 0 Å². The number of hydrogen-bond acceptors (Lipinski definition) is 1. The number of thiol groups is 1. The third-order valence-corrected chi connectivity index (χ3v) is 3.98. The van der Waals surface area contributed by atoms with E-state index in [2.05, 4.69) is 30.1 Å². The minimum atomic E-state index is 0.108. The first-order valence-electron chi connectivity index (χ1n) is 3.42. The van der Waals surface area contributed by atoms with E-state index >= 15 is 0 Å². The molecule has 9 heavy (non-hydrogen) atoms. The number of allylic oxidation sites excluding steroid dienone is 1. The molecule has 2 unspecified atom stereocenters. The largest absolute Gasteiger partial charge is 0.280 e. The molecular weight excluding hydrogens is 130 g/mol. The summed E-state index contributed by atoms with van der Waals surface area (Å²) >= 11 is 0.108. The van der Waals surface area contributed by atoms with Gasteiger partial charge >= 0.3 is 0 Å². The average molecular weight is 145 g/mol. The van der Waals surface area contributed by atoms with Crippen molar-refractivity contribution >= 4 is 11.1 Å². The third-order valence-electron chi connectivity index (χ3n) is 1.76. The second-order valence-electron chi connectivity index (χ2n) is 2.53. The van der Waals surface area contributed by atoms with Crippen LogP contribution in [0.25, 0.3) is 0 Å². The normalized spacial score (nSPS) is 40.2. The van der Waals surface area contributed by atoms with Crippen LogP contribution in [0.4, 0.5) is 0 Å². The maximum atomic E-state index is 3.47. The number of rotatable bonds is 0. The van der Waals surface area contributed by atoms with Gasteiger partial charge in [-0.25, -0.2) is 11.1 Å². The molecule has 0 saturated carbocycles. The molecule has 0 aromatic rings. The van der Waals surface area contributed by atoms with E-state index in [1.165, 1.54) is 6.42 Å². The molecule has 1 heterocycles. The van der Waals surface area contributed by atoms with Crippen molar-refractivity contribution in [3.63, 3.8) is 0 Å². The van der Waals surface area contributed by atoms with Crippen LogP contribution in [0.3, 0.4) is 0 Å². The summed E-state index contributed by atoms with van der Waals surface area (Å²) in [4.78, 5) is 0. The molecule has 1 aliphatic rings. The Labute approximate surface area is 60.0 Å².